The van der Waals surface area contributed by atoms with Crippen molar-refractivity contribution in [2.75, 3.05) is 11.9 Å². The third-order valence-corrected chi connectivity index (χ3v) is 3.11. The van der Waals surface area contributed by atoms with Crippen LogP contribution in [0.5, 0.6) is 5.75 Å². The van der Waals surface area contributed by atoms with Gasteiger partial charge in [0, 0.05) is 11.6 Å². The van der Waals surface area contributed by atoms with Gasteiger partial charge >= 0.3 is 0 Å². The van der Waals surface area contributed by atoms with Crippen molar-refractivity contribution in [3.05, 3.63) is 41.6 Å². The van der Waals surface area contributed by atoms with Crippen molar-refractivity contribution < 1.29 is 14.3 Å². The number of nitrogens with zero attached hydrogens (tertiary/aromatic N) is 3. The second-order valence-corrected chi connectivity index (χ2v) is 5.03. The highest BCUT2D eigenvalue weighted by molar-refractivity contribution is 5.93. The van der Waals surface area contributed by atoms with E-state index in [1.807, 2.05) is 6.07 Å². The Morgan fingerprint density at radius 3 is 2.71 bits per heavy atom. The Hall–Kier alpha value is -3.34. The minimum absolute atomic E-state index is 0.196. The fourth-order valence-corrected chi connectivity index (χ4v) is 2.02. The lowest BCUT2D eigenvalue weighted by Crippen LogP contribution is -2.22. The first kappa shape index (κ1) is 17.0. The molecule has 0 aliphatic carbocycles. The fourth-order valence-electron chi connectivity index (χ4n) is 2.02. The van der Waals surface area contributed by atoms with Crippen molar-refractivity contribution in [2.24, 2.45) is 5.73 Å². The highest BCUT2D eigenvalue weighted by Crippen LogP contribution is 2.13. The Balaban J connectivity index is 1.91. The van der Waals surface area contributed by atoms with Crippen molar-refractivity contribution in [1.82, 2.24) is 9.78 Å². The van der Waals surface area contributed by atoms with E-state index >= 15 is 0 Å². The minimum atomic E-state index is -0.528. The van der Waals surface area contributed by atoms with Crippen LogP contribution < -0.4 is 15.8 Å². The number of aryl methyl sites for hydroxylation is 2. The minimum Gasteiger partial charge on any atom is -0.484 e. The van der Waals surface area contributed by atoms with E-state index in [0.717, 1.165) is 5.69 Å². The van der Waals surface area contributed by atoms with Crippen molar-refractivity contribution in [3.63, 3.8) is 0 Å². The van der Waals surface area contributed by atoms with E-state index in [4.69, 9.17) is 15.7 Å². The Labute approximate surface area is 138 Å². The Bertz CT molecular complexity index is 774. The molecule has 0 aliphatic rings. The maximum absolute atomic E-state index is 12.0. The number of ether oxygens (including phenoxy) is 1. The third-order valence-electron chi connectivity index (χ3n) is 3.11. The number of hydrogen-bond acceptors (Lipinski definition) is 5. The fraction of sp³-hybridized carbons (Fsp3) is 0.250. The van der Waals surface area contributed by atoms with Gasteiger partial charge in [-0.25, -0.2) is 4.68 Å². The highest BCUT2D eigenvalue weighted by Gasteiger charge is 2.10. The molecule has 0 spiro atoms. The van der Waals surface area contributed by atoms with Gasteiger partial charge in [0.1, 0.15) is 11.6 Å². The van der Waals surface area contributed by atoms with E-state index in [1.165, 1.54) is 12.1 Å². The van der Waals surface area contributed by atoms with Gasteiger partial charge in [-0.15, -0.1) is 0 Å². The lowest BCUT2D eigenvalue weighted by atomic mass is 10.2. The number of aromatic nitrogens is 2. The van der Waals surface area contributed by atoms with Gasteiger partial charge in [0.05, 0.1) is 24.7 Å². The molecule has 1 heterocycles. The van der Waals surface area contributed by atoms with Crippen LogP contribution in [0.2, 0.25) is 0 Å². The second kappa shape index (κ2) is 7.78. The average Bonchev–Trinajstić information content (AvgIpc) is 2.90. The number of primary amides is 1. The summed E-state index contributed by atoms with van der Waals surface area (Å²) in [6.07, 6.45) is 0.298. The smallest absolute Gasteiger partial charge is 0.263 e. The second-order valence-electron chi connectivity index (χ2n) is 5.03. The van der Waals surface area contributed by atoms with Gasteiger partial charge < -0.3 is 15.8 Å². The molecule has 2 amide bonds. The van der Waals surface area contributed by atoms with Crippen LogP contribution in [0.4, 0.5) is 5.82 Å². The number of benzene rings is 1. The van der Waals surface area contributed by atoms with Crippen LogP contribution >= 0.6 is 0 Å². The summed E-state index contributed by atoms with van der Waals surface area (Å²) in [7, 11) is 0. The first-order valence-corrected chi connectivity index (χ1v) is 7.23. The van der Waals surface area contributed by atoms with Crippen molar-refractivity contribution in [3.8, 4) is 11.8 Å². The zero-order valence-electron chi connectivity index (χ0n) is 13.2. The summed E-state index contributed by atoms with van der Waals surface area (Å²) in [6.45, 7) is 2.00. The number of carbonyl (C=O) groups is 2. The summed E-state index contributed by atoms with van der Waals surface area (Å²) in [5.74, 6) is 0.0807. The predicted molar refractivity (Wildman–Crippen MR) is 86.3 cm³/mol. The lowest BCUT2D eigenvalue weighted by Gasteiger charge is -2.09. The van der Waals surface area contributed by atoms with Gasteiger partial charge in [-0.2, -0.15) is 10.4 Å². The molecule has 24 heavy (non-hydrogen) atoms. The van der Waals surface area contributed by atoms with Crippen LogP contribution in [0.1, 0.15) is 22.5 Å². The summed E-state index contributed by atoms with van der Waals surface area (Å²) < 4.78 is 6.92. The van der Waals surface area contributed by atoms with E-state index in [2.05, 4.69) is 10.4 Å². The first-order chi connectivity index (χ1) is 11.5. The Morgan fingerprint density at radius 2 is 2.08 bits per heavy atom. The molecule has 124 valence electrons. The molecule has 1 aromatic carbocycles. The highest BCUT2D eigenvalue weighted by atomic mass is 16.5. The Morgan fingerprint density at radius 1 is 1.38 bits per heavy atom. The van der Waals surface area contributed by atoms with Crippen LogP contribution in [0.15, 0.2) is 30.3 Å². The summed E-state index contributed by atoms with van der Waals surface area (Å²) >= 11 is 0. The van der Waals surface area contributed by atoms with Gasteiger partial charge in [-0.1, -0.05) is 0 Å². The number of hydrogen-bond donors (Lipinski definition) is 2. The number of anilines is 1. The van der Waals surface area contributed by atoms with Crippen LogP contribution in [0.25, 0.3) is 0 Å². The van der Waals surface area contributed by atoms with Crippen molar-refractivity contribution in [1.29, 1.82) is 5.26 Å². The molecule has 8 nitrogen and oxygen atoms in total. The molecule has 0 atom stereocenters. The summed E-state index contributed by atoms with van der Waals surface area (Å²) in [6, 6.07) is 9.93. The SMILES string of the molecule is Cc1cc(NC(=O)COc2ccc(C(N)=O)cc2)n(CCC#N)n1. The molecule has 0 saturated carbocycles. The standard InChI is InChI=1S/C16H17N5O3/c1-11-9-14(21(20-11)8-2-7-17)19-15(22)10-24-13-5-3-12(4-6-13)16(18)23/h3-6,9H,2,8,10H2,1H3,(H2,18,23)(H,19,22). The zero-order valence-corrected chi connectivity index (χ0v) is 13.2. The molecule has 0 radical (unpaired) electrons. The number of nitrogens with one attached hydrogen (secondary N) is 1. The van der Waals surface area contributed by atoms with Gasteiger partial charge in [0.25, 0.3) is 5.91 Å². The molecule has 8 heteroatoms. The van der Waals surface area contributed by atoms with Gasteiger partial charge in [0.15, 0.2) is 6.61 Å². The number of rotatable bonds is 7. The van der Waals surface area contributed by atoms with E-state index in [-0.39, 0.29) is 12.5 Å². The summed E-state index contributed by atoms with van der Waals surface area (Å²) in [5, 5.41) is 15.5. The van der Waals surface area contributed by atoms with Gasteiger partial charge in [-0.3, -0.25) is 9.59 Å². The summed E-state index contributed by atoms with van der Waals surface area (Å²) in [5.41, 5.74) is 6.26. The maximum Gasteiger partial charge on any atom is 0.263 e. The Kier molecular flexibility index (Phi) is 5.52. The zero-order chi connectivity index (χ0) is 17.5. The van der Waals surface area contributed by atoms with Crippen molar-refractivity contribution >= 4 is 17.6 Å². The summed E-state index contributed by atoms with van der Waals surface area (Å²) in [4.78, 5) is 23.0. The predicted octanol–water partition coefficient (Wildman–Crippen LogP) is 1.22. The maximum atomic E-state index is 12.0. The number of amides is 2. The quantitative estimate of drug-likeness (QED) is 0.791. The van der Waals surface area contributed by atoms with Gasteiger partial charge in [0.2, 0.25) is 5.91 Å². The number of nitriles is 1. The van der Waals surface area contributed by atoms with Crippen LogP contribution in [0.3, 0.4) is 0 Å². The number of carbonyl (C=O) groups excluding carboxylic acids is 2. The van der Waals surface area contributed by atoms with E-state index in [0.29, 0.717) is 30.1 Å². The molecule has 1 aromatic heterocycles. The third kappa shape index (κ3) is 4.58. The lowest BCUT2D eigenvalue weighted by molar-refractivity contribution is -0.118. The van der Waals surface area contributed by atoms with Gasteiger partial charge in [-0.05, 0) is 31.2 Å². The molecule has 2 aromatic rings. The molecule has 3 N–H and O–H groups in total. The molecule has 0 aliphatic heterocycles. The number of nitrogens with two attached hydrogens (primary N) is 1. The molecular weight excluding hydrogens is 310 g/mol. The van der Waals surface area contributed by atoms with Crippen LogP contribution in [-0.2, 0) is 11.3 Å². The monoisotopic (exact) mass is 327 g/mol. The van der Waals surface area contributed by atoms with Crippen LogP contribution in [-0.4, -0.2) is 28.2 Å². The van der Waals surface area contributed by atoms with E-state index < -0.39 is 5.91 Å². The largest absolute Gasteiger partial charge is 0.484 e. The molecule has 0 saturated heterocycles. The van der Waals surface area contributed by atoms with E-state index in [1.54, 1.807) is 29.8 Å². The normalized spacial score (nSPS) is 10.0. The van der Waals surface area contributed by atoms with E-state index in [9.17, 15) is 9.59 Å². The molecular formula is C16H17N5O3. The first-order valence-electron chi connectivity index (χ1n) is 7.23. The molecule has 0 unspecified atom stereocenters. The molecule has 2 rings (SSSR count). The van der Waals surface area contributed by atoms with Crippen molar-refractivity contribution in [2.45, 2.75) is 19.9 Å². The molecule has 0 bridgehead atoms. The topological polar surface area (TPSA) is 123 Å². The molecule has 0 fully saturated rings. The van der Waals surface area contributed by atoms with Crippen LogP contribution in [0, 0.1) is 18.3 Å². The average molecular weight is 327 g/mol.